The highest BCUT2D eigenvalue weighted by atomic mass is 16.5. The largest absolute Gasteiger partial charge is 0.381 e. The molecule has 1 radical (unpaired) electrons. The van der Waals surface area contributed by atoms with Gasteiger partial charge in [0.1, 0.15) is 0 Å². The second kappa shape index (κ2) is 2.99. The van der Waals surface area contributed by atoms with Crippen molar-refractivity contribution < 1.29 is 4.74 Å². The molecule has 0 atom stereocenters. The Morgan fingerprint density at radius 3 is 2.79 bits per heavy atom. The zero-order chi connectivity index (χ0) is 9.43. The second-order valence-electron chi connectivity index (χ2n) is 4.10. The van der Waals surface area contributed by atoms with Crippen LogP contribution >= 0.6 is 0 Å². The Hall–Kier alpha value is -1.02. The second-order valence-corrected chi connectivity index (χ2v) is 4.10. The lowest BCUT2D eigenvalue weighted by Gasteiger charge is -2.32. The van der Waals surface area contributed by atoms with Crippen LogP contribution in [0.5, 0.6) is 0 Å². The van der Waals surface area contributed by atoms with E-state index >= 15 is 0 Å². The van der Waals surface area contributed by atoms with Gasteiger partial charge in [-0.1, -0.05) is 18.2 Å². The Morgan fingerprint density at radius 1 is 1.14 bits per heavy atom. The molecule has 2 aliphatic heterocycles. The molecule has 2 aliphatic rings. The Labute approximate surface area is 84.3 Å². The average Bonchev–Trinajstić information content (AvgIpc) is 2.60. The molecule has 2 nitrogen and oxygen atoms in total. The molecule has 14 heavy (non-hydrogen) atoms. The van der Waals surface area contributed by atoms with E-state index in [1.165, 1.54) is 11.3 Å². The predicted molar refractivity (Wildman–Crippen MR) is 56.1 cm³/mol. The lowest BCUT2D eigenvalue weighted by molar-refractivity contribution is 0.0628. The number of benzene rings is 1. The molecule has 73 valence electrons. The molecular formula is C12H14NO. The molecule has 2 heteroatoms. The molecule has 0 aromatic heterocycles. The van der Waals surface area contributed by atoms with Crippen molar-refractivity contribution in [1.29, 1.82) is 0 Å². The molecule has 0 saturated carbocycles. The van der Waals surface area contributed by atoms with Gasteiger partial charge in [-0.25, -0.2) is 0 Å². The van der Waals surface area contributed by atoms with Crippen molar-refractivity contribution in [3.63, 3.8) is 0 Å². The fourth-order valence-electron chi connectivity index (χ4n) is 2.49. The van der Waals surface area contributed by atoms with Gasteiger partial charge in [-0.05, 0) is 24.5 Å². The van der Waals surface area contributed by atoms with E-state index in [1.807, 2.05) is 0 Å². The van der Waals surface area contributed by atoms with E-state index in [0.717, 1.165) is 26.1 Å². The molecule has 1 aromatic rings. The Kier molecular flexibility index (Phi) is 1.77. The molecule has 1 fully saturated rings. The first kappa shape index (κ1) is 8.30. The van der Waals surface area contributed by atoms with Gasteiger partial charge in [-0.2, -0.15) is 0 Å². The van der Waals surface area contributed by atoms with Crippen LogP contribution in [0.2, 0.25) is 0 Å². The Bertz CT molecular complexity index is 336. The van der Waals surface area contributed by atoms with Crippen molar-refractivity contribution in [2.24, 2.45) is 0 Å². The predicted octanol–water partition coefficient (Wildman–Crippen LogP) is 2.32. The Balaban J connectivity index is 2.03. The summed E-state index contributed by atoms with van der Waals surface area (Å²) in [5, 5.41) is 3.38. The number of hydrogen-bond donors (Lipinski definition) is 1. The molecule has 0 bridgehead atoms. The molecule has 0 aliphatic carbocycles. The topological polar surface area (TPSA) is 21.3 Å². The maximum absolute atomic E-state index is 5.42. The van der Waals surface area contributed by atoms with Crippen LogP contribution in [0.25, 0.3) is 0 Å². The van der Waals surface area contributed by atoms with Crippen molar-refractivity contribution in [1.82, 2.24) is 0 Å². The summed E-state index contributed by atoms with van der Waals surface area (Å²) in [7, 11) is 0. The smallest absolute Gasteiger partial charge is 0.0570 e. The van der Waals surface area contributed by atoms with Gasteiger partial charge in [0.05, 0.1) is 6.54 Å². The summed E-state index contributed by atoms with van der Waals surface area (Å²) >= 11 is 0. The lowest BCUT2D eigenvalue weighted by Crippen LogP contribution is -2.32. The number of nitrogens with one attached hydrogen (secondary N) is 1. The summed E-state index contributed by atoms with van der Waals surface area (Å²) in [5.41, 5.74) is 2.96. The first-order chi connectivity index (χ1) is 6.91. The van der Waals surface area contributed by atoms with Gasteiger partial charge in [-0.3, -0.25) is 0 Å². The fraction of sp³-hybridized carbons (Fsp3) is 0.417. The summed E-state index contributed by atoms with van der Waals surface area (Å²) in [6, 6.07) is 8.59. The molecule has 1 aromatic carbocycles. The van der Waals surface area contributed by atoms with E-state index in [2.05, 4.69) is 36.1 Å². The Morgan fingerprint density at radius 2 is 1.93 bits per heavy atom. The number of anilines is 1. The van der Waals surface area contributed by atoms with Crippen LogP contribution in [0.1, 0.15) is 18.4 Å². The van der Waals surface area contributed by atoms with E-state index in [0.29, 0.717) is 0 Å². The zero-order valence-electron chi connectivity index (χ0n) is 8.12. The van der Waals surface area contributed by atoms with Gasteiger partial charge in [0.15, 0.2) is 0 Å². The molecular weight excluding hydrogens is 174 g/mol. The maximum Gasteiger partial charge on any atom is 0.0570 e. The summed E-state index contributed by atoms with van der Waals surface area (Å²) in [6.45, 7) is 4.01. The van der Waals surface area contributed by atoms with Crippen LogP contribution in [-0.2, 0) is 10.2 Å². The third-order valence-corrected chi connectivity index (χ3v) is 3.35. The van der Waals surface area contributed by atoms with Crippen LogP contribution < -0.4 is 5.32 Å². The van der Waals surface area contributed by atoms with Gasteiger partial charge in [0.2, 0.25) is 0 Å². The minimum Gasteiger partial charge on any atom is -0.381 e. The molecule has 0 amide bonds. The molecule has 1 N–H and O–H groups in total. The van der Waals surface area contributed by atoms with Gasteiger partial charge in [0, 0.05) is 24.3 Å². The summed E-state index contributed by atoms with van der Waals surface area (Å²) in [6.07, 6.45) is 2.22. The van der Waals surface area contributed by atoms with Gasteiger partial charge in [0.25, 0.3) is 0 Å². The van der Waals surface area contributed by atoms with E-state index in [4.69, 9.17) is 4.74 Å². The molecule has 0 unspecified atom stereocenters. The van der Waals surface area contributed by atoms with E-state index in [1.54, 1.807) is 0 Å². The first-order valence-electron chi connectivity index (χ1n) is 5.19. The van der Waals surface area contributed by atoms with E-state index in [-0.39, 0.29) is 5.41 Å². The standard InChI is InChI=1S/C12H14NO/c1-2-4-11-10(3-1)12(9-13-11)5-7-14-8-6-12/h1-4,9,13H,5-8H2. The average molecular weight is 188 g/mol. The minimum absolute atomic E-state index is 0.245. The minimum atomic E-state index is 0.245. The highest BCUT2D eigenvalue weighted by Crippen LogP contribution is 2.45. The van der Waals surface area contributed by atoms with Crippen molar-refractivity contribution in [3.8, 4) is 0 Å². The number of para-hydroxylation sites is 1. The number of rotatable bonds is 0. The summed E-state index contributed by atoms with van der Waals surface area (Å²) < 4.78 is 5.42. The van der Waals surface area contributed by atoms with Crippen molar-refractivity contribution >= 4 is 5.69 Å². The normalized spacial score (nSPS) is 23.1. The summed E-state index contributed by atoms with van der Waals surface area (Å²) in [5.74, 6) is 0. The third-order valence-electron chi connectivity index (χ3n) is 3.35. The van der Waals surface area contributed by atoms with Gasteiger partial charge < -0.3 is 10.1 Å². The van der Waals surface area contributed by atoms with Crippen LogP contribution in [-0.4, -0.2) is 13.2 Å². The number of ether oxygens (including phenoxy) is 1. The number of fused-ring (bicyclic) bond motifs is 2. The van der Waals surface area contributed by atoms with E-state index < -0.39 is 0 Å². The molecule has 3 rings (SSSR count). The van der Waals surface area contributed by atoms with Crippen LogP contribution in [0, 0.1) is 6.54 Å². The lowest BCUT2D eigenvalue weighted by atomic mass is 9.76. The van der Waals surface area contributed by atoms with Crippen molar-refractivity contribution in [3.05, 3.63) is 36.4 Å². The van der Waals surface area contributed by atoms with Crippen molar-refractivity contribution in [2.75, 3.05) is 18.5 Å². The fourth-order valence-corrected chi connectivity index (χ4v) is 2.49. The SMILES string of the molecule is [CH]1Nc2ccccc2C12CCOCC2. The molecule has 1 saturated heterocycles. The molecule has 1 spiro atoms. The zero-order valence-corrected chi connectivity index (χ0v) is 8.12. The van der Waals surface area contributed by atoms with Crippen molar-refractivity contribution in [2.45, 2.75) is 18.3 Å². The maximum atomic E-state index is 5.42. The third kappa shape index (κ3) is 1.07. The number of hydrogen-bond acceptors (Lipinski definition) is 2. The van der Waals surface area contributed by atoms with E-state index in [9.17, 15) is 0 Å². The first-order valence-corrected chi connectivity index (χ1v) is 5.19. The van der Waals surface area contributed by atoms with Crippen LogP contribution in [0.4, 0.5) is 5.69 Å². The van der Waals surface area contributed by atoms with Crippen LogP contribution in [0.3, 0.4) is 0 Å². The molecule has 2 heterocycles. The highest BCUT2D eigenvalue weighted by Gasteiger charge is 2.40. The monoisotopic (exact) mass is 188 g/mol. The van der Waals surface area contributed by atoms with Gasteiger partial charge in [-0.15, -0.1) is 0 Å². The highest BCUT2D eigenvalue weighted by molar-refractivity contribution is 5.63. The van der Waals surface area contributed by atoms with Crippen LogP contribution in [0.15, 0.2) is 24.3 Å². The quantitative estimate of drug-likeness (QED) is 0.674. The summed E-state index contributed by atoms with van der Waals surface area (Å²) in [4.78, 5) is 0. The van der Waals surface area contributed by atoms with Gasteiger partial charge >= 0.3 is 0 Å².